The summed E-state index contributed by atoms with van der Waals surface area (Å²) >= 11 is 0. The lowest BCUT2D eigenvalue weighted by Gasteiger charge is -2.49. The minimum absolute atomic E-state index is 0.0278. The molecule has 2 atom stereocenters. The Morgan fingerprint density at radius 1 is 1.71 bits per heavy atom. The van der Waals surface area contributed by atoms with Crippen molar-refractivity contribution in [3.05, 3.63) is 18.4 Å². The van der Waals surface area contributed by atoms with Crippen molar-refractivity contribution in [2.45, 2.75) is 39.0 Å². The summed E-state index contributed by atoms with van der Waals surface area (Å²) in [4.78, 5) is 3.84. The van der Waals surface area contributed by atoms with Crippen LogP contribution >= 0.6 is 0 Å². The van der Waals surface area contributed by atoms with Gasteiger partial charge in [0.15, 0.2) is 6.39 Å². The Labute approximate surface area is 83.3 Å². The average molecular weight is 196 g/mol. The molecule has 4 heteroatoms. The number of rotatable bonds is 3. The smallest absolute Gasteiger partial charge is 0.180 e. The van der Waals surface area contributed by atoms with Gasteiger partial charge in [0.05, 0.1) is 18.8 Å². The Morgan fingerprint density at radius 2 is 2.50 bits per heavy atom. The summed E-state index contributed by atoms with van der Waals surface area (Å²) in [5.41, 5.74) is -0.0278. The first-order valence-electron chi connectivity index (χ1n) is 4.89. The van der Waals surface area contributed by atoms with E-state index in [1.807, 2.05) is 0 Å². The highest BCUT2D eigenvalue weighted by Crippen LogP contribution is 2.40. The summed E-state index contributed by atoms with van der Waals surface area (Å²) in [6.45, 7) is 4.82. The Bertz CT molecular complexity index is 295. The maximum Gasteiger partial charge on any atom is 0.180 e. The van der Waals surface area contributed by atoms with Crippen LogP contribution in [-0.2, 0) is 6.54 Å². The van der Waals surface area contributed by atoms with Gasteiger partial charge in [-0.15, -0.1) is 0 Å². The van der Waals surface area contributed by atoms with E-state index in [1.54, 1.807) is 6.20 Å². The Hall–Kier alpha value is -0.870. The molecule has 1 saturated carbocycles. The van der Waals surface area contributed by atoms with Crippen molar-refractivity contribution in [2.75, 3.05) is 0 Å². The molecule has 14 heavy (non-hydrogen) atoms. The maximum atomic E-state index is 9.53. The van der Waals surface area contributed by atoms with Gasteiger partial charge in [-0.05, 0) is 6.42 Å². The Balaban J connectivity index is 1.83. The fourth-order valence-electron chi connectivity index (χ4n) is 1.80. The lowest BCUT2D eigenvalue weighted by Crippen LogP contribution is -2.59. The van der Waals surface area contributed by atoms with E-state index in [9.17, 15) is 5.11 Å². The van der Waals surface area contributed by atoms with E-state index in [4.69, 9.17) is 4.42 Å². The van der Waals surface area contributed by atoms with Crippen LogP contribution in [-0.4, -0.2) is 22.2 Å². The first-order chi connectivity index (χ1) is 6.60. The topological polar surface area (TPSA) is 58.3 Å². The van der Waals surface area contributed by atoms with Gasteiger partial charge in [-0.3, -0.25) is 0 Å². The summed E-state index contributed by atoms with van der Waals surface area (Å²) in [6.07, 6.45) is 3.77. The second kappa shape index (κ2) is 3.37. The van der Waals surface area contributed by atoms with Crippen molar-refractivity contribution < 1.29 is 9.52 Å². The highest BCUT2D eigenvalue weighted by Gasteiger charge is 2.46. The second-order valence-corrected chi connectivity index (χ2v) is 4.47. The molecule has 1 aromatic heterocycles. The first kappa shape index (κ1) is 9.68. The molecule has 0 aliphatic heterocycles. The van der Waals surface area contributed by atoms with Gasteiger partial charge in [-0.1, -0.05) is 13.8 Å². The van der Waals surface area contributed by atoms with Crippen molar-refractivity contribution in [3.8, 4) is 0 Å². The van der Waals surface area contributed by atoms with Crippen molar-refractivity contribution in [3.63, 3.8) is 0 Å². The van der Waals surface area contributed by atoms with E-state index in [0.717, 1.165) is 12.2 Å². The third-order valence-corrected chi connectivity index (χ3v) is 3.22. The van der Waals surface area contributed by atoms with Gasteiger partial charge >= 0.3 is 0 Å². The predicted molar refractivity (Wildman–Crippen MR) is 51.5 cm³/mol. The zero-order valence-electron chi connectivity index (χ0n) is 8.53. The van der Waals surface area contributed by atoms with Crippen molar-refractivity contribution in [1.29, 1.82) is 0 Å². The summed E-state index contributed by atoms with van der Waals surface area (Å²) in [5.74, 6) is 0.835. The number of nitrogens with one attached hydrogen (secondary N) is 1. The Morgan fingerprint density at radius 3 is 3.00 bits per heavy atom. The van der Waals surface area contributed by atoms with E-state index in [0.29, 0.717) is 12.6 Å². The molecule has 1 aliphatic rings. The number of aliphatic hydroxyl groups is 1. The summed E-state index contributed by atoms with van der Waals surface area (Å²) < 4.78 is 5.11. The largest absolute Gasteiger partial charge is 0.447 e. The van der Waals surface area contributed by atoms with Crippen LogP contribution in [0.1, 0.15) is 26.0 Å². The predicted octanol–water partition coefficient (Wildman–Crippen LogP) is 0.924. The molecule has 1 heterocycles. The molecule has 2 N–H and O–H groups in total. The lowest BCUT2D eigenvalue weighted by molar-refractivity contribution is -0.0734. The van der Waals surface area contributed by atoms with Gasteiger partial charge in [0.2, 0.25) is 0 Å². The van der Waals surface area contributed by atoms with Crippen molar-refractivity contribution >= 4 is 0 Å². The van der Waals surface area contributed by atoms with E-state index < -0.39 is 0 Å². The van der Waals surface area contributed by atoms with Gasteiger partial charge in [0.1, 0.15) is 5.76 Å². The number of oxazole rings is 1. The molecule has 0 spiro atoms. The zero-order valence-corrected chi connectivity index (χ0v) is 8.53. The lowest BCUT2D eigenvalue weighted by atomic mass is 9.64. The quantitative estimate of drug-likeness (QED) is 0.755. The van der Waals surface area contributed by atoms with Gasteiger partial charge in [0.25, 0.3) is 0 Å². The maximum absolute atomic E-state index is 9.53. The molecule has 2 rings (SSSR count). The molecule has 0 amide bonds. The number of hydrogen-bond donors (Lipinski definition) is 2. The SMILES string of the molecule is CC1(C)C(O)CC1NCc1cnco1. The van der Waals surface area contributed by atoms with Gasteiger partial charge in [-0.2, -0.15) is 0 Å². The van der Waals surface area contributed by atoms with Crippen molar-refractivity contribution in [2.24, 2.45) is 5.41 Å². The monoisotopic (exact) mass is 196 g/mol. The highest BCUT2D eigenvalue weighted by atomic mass is 16.3. The van der Waals surface area contributed by atoms with Gasteiger partial charge < -0.3 is 14.8 Å². The summed E-state index contributed by atoms with van der Waals surface area (Å²) in [6, 6.07) is 0.364. The van der Waals surface area contributed by atoms with Crippen LogP contribution in [0.3, 0.4) is 0 Å². The third kappa shape index (κ3) is 1.55. The normalized spacial score (nSPS) is 29.9. The fraction of sp³-hybridized carbons (Fsp3) is 0.700. The number of hydrogen-bond acceptors (Lipinski definition) is 4. The van der Waals surface area contributed by atoms with Crippen LogP contribution in [0.25, 0.3) is 0 Å². The van der Waals surface area contributed by atoms with Crippen LogP contribution in [0, 0.1) is 5.41 Å². The van der Waals surface area contributed by atoms with Crippen LogP contribution in [0.15, 0.2) is 17.0 Å². The van der Waals surface area contributed by atoms with Gasteiger partial charge in [-0.25, -0.2) is 4.98 Å². The van der Waals surface area contributed by atoms with Crippen LogP contribution in [0.2, 0.25) is 0 Å². The molecule has 2 unspecified atom stereocenters. The number of aromatic nitrogens is 1. The highest BCUT2D eigenvalue weighted by molar-refractivity contribution is 5.02. The Kier molecular flexibility index (Phi) is 2.33. The molecule has 1 aromatic rings. The van der Waals surface area contributed by atoms with Gasteiger partial charge in [0, 0.05) is 11.5 Å². The molecule has 0 bridgehead atoms. The van der Waals surface area contributed by atoms with E-state index in [1.165, 1.54) is 6.39 Å². The molecular weight excluding hydrogens is 180 g/mol. The minimum Gasteiger partial charge on any atom is -0.447 e. The molecule has 78 valence electrons. The van der Waals surface area contributed by atoms with Crippen LogP contribution in [0.4, 0.5) is 0 Å². The molecule has 1 fully saturated rings. The number of nitrogens with zero attached hydrogens (tertiary/aromatic N) is 1. The molecule has 4 nitrogen and oxygen atoms in total. The molecule has 1 aliphatic carbocycles. The van der Waals surface area contributed by atoms with Crippen LogP contribution < -0.4 is 5.32 Å². The van der Waals surface area contributed by atoms with E-state index >= 15 is 0 Å². The van der Waals surface area contributed by atoms with E-state index in [2.05, 4.69) is 24.1 Å². The minimum atomic E-state index is -0.185. The first-order valence-corrected chi connectivity index (χ1v) is 4.89. The average Bonchev–Trinajstić information content (AvgIpc) is 2.64. The summed E-state index contributed by atoms with van der Waals surface area (Å²) in [7, 11) is 0. The van der Waals surface area contributed by atoms with Crippen molar-refractivity contribution in [1.82, 2.24) is 10.3 Å². The van der Waals surface area contributed by atoms with E-state index in [-0.39, 0.29) is 11.5 Å². The molecule has 0 saturated heterocycles. The zero-order chi connectivity index (χ0) is 10.2. The molecular formula is C10H16N2O2. The third-order valence-electron chi connectivity index (χ3n) is 3.22. The number of aliphatic hydroxyl groups excluding tert-OH is 1. The molecule has 0 radical (unpaired) electrons. The molecule has 0 aromatic carbocycles. The summed E-state index contributed by atoms with van der Waals surface area (Å²) in [5, 5.41) is 12.9. The fourth-order valence-corrected chi connectivity index (χ4v) is 1.80. The van der Waals surface area contributed by atoms with Crippen LogP contribution in [0.5, 0.6) is 0 Å². The standard InChI is InChI=1S/C10H16N2O2/c1-10(2)8(3-9(10)13)12-5-7-4-11-6-14-7/h4,6,8-9,12-13H,3,5H2,1-2H3. The second-order valence-electron chi connectivity index (χ2n) is 4.47.